The molecule has 4 heteroatoms. The van der Waals surface area contributed by atoms with Crippen molar-refractivity contribution in [2.24, 2.45) is 0 Å². The third-order valence-corrected chi connectivity index (χ3v) is 6.15. The number of hydrogen-bond donors (Lipinski definition) is 0. The van der Waals surface area contributed by atoms with E-state index in [2.05, 4.69) is 24.0 Å². The Morgan fingerprint density at radius 1 is 1.17 bits per heavy atom. The average Bonchev–Trinajstić information content (AvgIpc) is 3.18. The molecule has 0 N–H and O–H groups in total. The Morgan fingerprint density at radius 3 is 2.67 bits per heavy atom. The van der Waals surface area contributed by atoms with Crippen LogP contribution in [0.4, 0.5) is 0 Å². The van der Waals surface area contributed by atoms with E-state index < -0.39 is 0 Å². The smallest absolute Gasteiger partial charge is 0.125 e. The van der Waals surface area contributed by atoms with Crippen LogP contribution in [0.25, 0.3) is 0 Å². The van der Waals surface area contributed by atoms with Gasteiger partial charge in [0.2, 0.25) is 0 Å². The molecule has 128 valence electrons. The molecular weight excluding hydrogens is 318 g/mol. The molecule has 0 aliphatic carbocycles. The molecule has 2 aliphatic heterocycles. The highest BCUT2D eigenvalue weighted by Crippen LogP contribution is 2.37. The Labute approximate surface area is 148 Å². The van der Waals surface area contributed by atoms with Gasteiger partial charge in [0.05, 0.1) is 12.2 Å². The normalized spacial score (nSPS) is 23.6. The summed E-state index contributed by atoms with van der Waals surface area (Å²) in [7, 11) is 0. The van der Waals surface area contributed by atoms with Gasteiger partial charge in [0, 0.05) is 35.8 Å². The van der Waals surface area contributed by atoms with E-state index in [1.165, 1.54) is 9.75 Å². The fourth-order valence-corrected chi connectivity index (χ4v) is 4.76. The van der Waals surface area contributed by atoms with Crippen molar-refractivity contribution in [3.05, 3.63) is 52.2 Å². The molecule has 1 atom stereocenters. The molecule has 1 aromatic heterocycles. The zero-order valence-corrected chi connectivity index (χ0v) is 15.1. The largest absolute Gasteiger partial charge is 0.488 e. The van der Waals surface area contributed by atoms with Crippen LogP contribution < -0.4 is 4.74 Å². The van der Waals surface area contributed by atoms with Gasteiger partial charge in [0.25, 0.3) is 0 Å². The standard InChI is InChI=1S/C20H25NO2S/c1-16-7-8-19(24-16)14-21-11-9-20(10-12-21)13-18(15-22-20)23-17-5-3-2-4-6-17/h2-8,18H,9-15H2,1H3/t18-/m1/s1. The van der Waals surface area contributed by atoms with Crippen LogP contribution in [0.2, 0.25) is 0 Å². The number of ether oxygens (including phenoxy) is 2. The molecular formula is C20H25NO2S. The van der Waals surface area contributed by atoms with Crippen LogP contribution in [-0.2, 0) is 11.3 Å². The predicted molar refractivity (Wildman–Crippen MR) is 97.7 cm³/mol. The van der Waals surface area contributed by atoms with Crippen molar-refractivity contribution in [3.8, 4) is 5.75 Å². The Bertz CT molecular complexity index is 661. The monoisotopic (exact) mass is 343 g/mol. The van der Waals surface area contributed by atoms with Crippen LogP contribution in [0.15, 0.2) is 42.5 Å². The van der Waals surface area contributed by atoms with Crippen molar-refractivity contribution in [1.82, 2.24) is 4.90 Å². The van der Waals surface area contributed by atoms with Crippen molar-refractivity contribution < 1.29 is 9.47 Å². The van der Waals surface area contributed by atoms with E-state index in [0.717, 1.165) is 51.3 Å². The molecule has 1 aromatic carbocycles. The first-order valence-electron chi connectivity index (χ1n) is 8.84. The van der Waals surface area contributed by atoms with Gasteiger partial charge < -0.3 is 9.47 Å². The van der Waals surface area contributed by atoms with Crippen molar-refractivity contribution in [2.75, 3.05) is 19.7 Å². The maximum Gasteiger partial charge on any atom is 0.125 e. The molecule has 2 fully saturated rings. The maximum atomic E-state index is 6.22. The van der Waals surface area contributed by atoms with E-state index in [1.807, 2.05) is 41.7 Å². The zero-order chi connectivity index (χ0) is 16.4. The molecule has 3 heterocycles. The summed E-state index contributed by atoms with van der Waals surface area (Å²) < 4.78 is 12.3. The fraction of sp³-hybridized carbons (Fsp3) is 0.500. The lowest BCUT2D eigenvalue weighted by Gasteiger charge is -2.38. The van der Waals surface area contributed by atoms with E-state index in [0.29, 0.717) is 0 Å². The molecule has 4 rings (SSSR count). The third-order valence-electron chi connectivity index (χ3n) is 5.16. The lowest BCUT2D eigenvalue weighted by molar-refractivity contribution is -0.0453. The number of para-hydroxylation sites is 1. The Morgan fingerprint density at radius 2 is 1.96 bits per heavy atom. The highest BCUT2D eigenvalue weighted by atomic mass is 32.1. The topological polar surface area (TPSA) is 21.7 Å². The minimum Gasteiger partial charge on any atom is -0.488 e. The van der Waals surface area contributed by atoms with E-state index in [9.17, 15) is 0 Å². The van der Waals surface area contributed by atoms with Crippen molar-refractivity contribution >= 4 is 11.3 Å². The molecule has 0 amide bonds. The second-order valence-corrected chi connectivity index (χ2v) is 8.41. The van der Waals surface area contributed by atoms with Gasteiger partial charge >= 0.3 is 0 Å². The first-order chi connectivity index (χ1) is 11.7. The molecule has 0 unspecified atom stereocenters. The summed E-state index contributed by atoms with van der Waals surface area (Å²) >= 11 is 1.91. The summed E-state index contributed by atoms with van der Waals surface area (Å²) in [5.74, 6) is 0.952. The van der Waals surface area contributed by atoms with Crippen molar-refractivity contribution in [2.45, 2.75) is 44.4 Å². The lowest BCUT2D eigenvalue weighted by Crippen LogP contribution is -2.43. The first kappa shape index (κ1) is 16.1. The van der Waals surface area contributed by atoms with Crippen LogP contribution in [0.1, 0.15) is 29.0 Å². The lowest BCUT2D eigenvalue weighted by atomic mass is 9.88. The summed E-state index contributed by atoms with van der Waals surface area (Å²) in [6.45, 7) is 6.22. The number of benzene rings is 1. The van der Waals surface area contributed by atoms with Crippen LogP contribution >= 0.6 is 11.3 Å². The van der Waals surface area contributed by atoms with E-state index in [-0.39, 0.29) is 11.7 Å². The van der Waals surface area contributed by atoms with E-state index in [1.54, 1.807) is 0 Å². The van der Waals surface area contributed by atoms with Gasteiger partial charge in [-0.1, -0.05) is 18.2 Å². The van der Waals surface area contributed by atoms with E-state index in [4.69, 9.17) is 9.47 Å². The average molecular weight is 343 g/mol. The summed E-state index contributed by atoms with van der Waals surface area (Å²) in [6, 6.07) is 14.6. The van der Waals surface area contributed by atoms with Gasteiger partial charge in [-0.05, 0) is 44.0 Å². The molecule has 0 radical (unpaired) electrons. The SMILES string of the molecule is Cc1ccc(CN2CCC3(CC2)C[C@@H](Oc2ccccc2)CO3)s1. The van der Waals surface area contributed by atoms with Crippen molar-refractivity contribution in [1.29, 1.82) is 0 Å². The molecule has 0 bridgehead atoms. The van der Waals surface area contributed by atoms with Crippen LogP contribution in [0.3, 0.4) is 0 Å². The summed E-state index contributed by atoms with van der Waals surface area (Å²) in [6.07, 6.45) is 3.45. The molecule has 1 spiro atoms. The molecule has 0 saturated carbocycles. The number of aryl methyl sites for hydroxylation is 1. The van der Waals surface area contributed by atoms with Crippen molar-refractivity contribution in [3.63, 3.8) is 0 Å². The van der Waals surface area contributed by atoms with Gasteiger partial charge in [0.15, 0.2) is 0 Å². The second kappa shape index (κ2) is 6.87. The third kappa shape index (κ3) is 3.66. The molecule has 2 saturated heterocycles. The summed E-state index contributed by atoms with van der Waals surface area (Å²) in [5, 5.41) is 0. The number of piperidine rings is 1. The van der Waals surface area contributed by atoms with Gasteiger partial charge in [0.1, 0.15) is 11.9 Å². The Kier molecular flexibility index (Phi) is 4.61. The number of rotatable bonds is 4. The van der Waals surface area contributed by atoms with Gasteiger partial charge in [-0.25, -0.2) is 0 Å². The minimum atomic E-state index is 0.0430. The molecule has 2 aromatic rings. The highest BCUT2D eigenvalue weighted by molar-refractivity contribution is 7.11. The number of thiophene rings is 1. The van der Waals surface area contributed by atoms with Crippen LogP contribution in [-0.4, -0.2) is 36.3 Å². The van der Waals surface area contributed by atoms with E-state index >= 15 is 0 Å². The number of likely N-dealkylation sites (tertiary alicyclic amines) is 1. The summed E-state index contributed by atoms with van der Waals surface area (Å²) in [5.41, 5.74) is 0.0430. The summed E-state index contributed by atoms with van der Waals surface area (Å²) in [4.78, 5) is 5.44. The van der Waals surface area contributed by atoms with Crippen LogP contribution in [0, 0.1) is 6.92 Å². The zero-order valence-electron chi connectivity index (χ0n) is 14.2. The molecule has 3 nitrogen and oxygen atoms in total. The maximum absolute atomic E-state index is 6.22. The van der Waals surface area contributed by atoms with Gasteiger partial charge in [-0.3, -0.25) is 4.90 Å². The highest BCUT2D eigenvalue weighted by Gasteiger charge is 2.43. The fourth-order valence-electron chi connectivity index (χ4n) is 3.83. The second-order valence-electron chi connectivity index (χ2n) is 7.04. The molecule has 24 heavy (non-hydrogen) atoms. The van der Waals surface area contributed by atoms with Gasteiger partial charge in [-0.15, -0.1) is 11.3 Å². The predicted octanol–water partition coefficient (Wildman–Crippen LogP) is 4.26. The Balaban J connectivity index is 1.29. The number of nitrogens with zero attached hydrogens (tertiary/aromatic N) is 1. The quantitative estimate of drug-likeness (QED) is 0.828. The molecule has 2 aliphatic rings. The first-order valence-corrected chi connectivity index (χ1v) is 9.66. The van der Waals surface area contributed by atoms with Gasteiger partial charge in [-0.2, -0.15) is 0 Å². The van der Waals surface area contributed by atoms with Crippen LogP contribution in [0.5, 0.6) is 5.75 Å². The minimum absolute atomic E-state index is 0.0430. The number of hydrogen-bond acceptors (Lipinski definition) is 4. The Hall–Kier alpha value is -1.36.